The fourth-order valence-corrected chi connectivity index (χ4v) is 2.68. The maximum atomic E-state index is 11.7. The third-order valence-electron chi connectivity index (χ3n) is 5.17. The zero-order valence-electron chi connectivity index (χ0n) is 21.8. The fourth-order valence-electron chi connectivity index (χ4n) is 2.68. The first-order valence-corrected chi connectivity index (χ1v) is 11.2. The summed E-state index contributed by atoms with van der Waals surface area (Å²) in [4.78, 5) is 17.5. The van der Waals surface area contributed by atoms with E-state index in [2.05, 4.69) is 52.6 Å². The molecule has 6 heteroatoms. The molecule has 0 heterocycles. The van der Waals surface area contributed by atoms with Crippen molar-refractivity contribution in [3.05, 3.63) is 98.5 Å². The van der Waals surface area contributed by atoms with Gasteiger partial charge in [-0.3, -0.25) is 0 Å². The quantitative estimate of drug-likeness (QED) is 0.104. The molecule has 0 radical (unpaired) electrons. The van der Waals surface area contributed by atoms with Crippen molar-refractivity contribution in [3.63, 3.8) is 0 Å². The summed E-state index contributed by atoms with van der Waals surface area (Å²) in [5, 5.41) is 0. The van der Waals surface area contributed by atoms with E-state index in [1.165, 1.54) is 0 Å². The molecule has 188 valence electrons. The number of allylic oxidation sites excluding steroid dienone is 3. The number of hydrogen-bond donors (Lipinski definition) is 0. The molecular weight excluding hydrogens is 426 g/mol. The summed E-state index contributed by atoms with van der Waals surface area (Å²) in [6.45, 7) is 39.4. The minimum Gasteiger partial charge on any atom is -0.492 e. The van der Waals surface area contributed by atoms with Crippen LogP contribution in [-0.4, -0.2) is 60.6 Å². The Labute approximate surface area is 207 Å². The monoisotopic (exact) mass is 469 g/mol. The van der Waals surface area contributed by atoms with E-state index in [-0.39, 0.29) is 6.61 Å². The summed E-state index contributed by atoms with van der Waals surface area (Å²) in [6, 6.07) is 0. The van der Waals surface area contributed by atoms with Crippen molar-refractivity contribution >= 4 is 5.97 Å². The molecule has 0 aliphatic carbocycles. The third-order valence-corrected chi connectivity index (χ3v) is 5.17. The highest BCUT2D eigenvalue weighted by Crippen LogP contribution is 2.20. The number of carbonyl (C=O) groups excluding carboxylic acids is 1. The van der Waals surface area contributed by atoms with Crippen LogP contribution in [0.5, 0.6) is 0 Å². The second-order valence-corrected chi connectivity index (χ2v) is 8.24. The molecule has 0 saturated heterocycles. The highest BCUT2D eigenvalue weighted by atomic mass is 16.5. The van der Waals surface area contributed by atoms with Crippen LogP contribution in [0.4, 0.5) is 0 Å². The van der Waals surface area contributed by atoms with E-state index >= 15 is 0 Å². The maximum Gasteiger partial charge on any atom is 0.333 e. The Kier molecular flexibility index (Phi) is 13.9. The number of rotatable bonds is 19. The van der Waals surface area contributed by atoms with Gasteiger partial charge in [-0.15, -0.1) is 0 Å². The van der Waals surface area contributed by atoms with Crippen molar-refractivity contribution < 1.29 is 14.3 Å². The Morgan fingerprint density at radius 3 is 1.88 bits per heavy atom. The van der Waals surface area contributed by atoms with Gasteiger partial charge in [0.25, 0.3) is 0 Å². The van der Waals surface area contributed by atoms with E-state index in [1.54, 1.807) is 13.1 Å². The number of hydrogen-bond acceptors (Lipinski definition) is 6. The molecule has 0 aromatic heterocycles. The zero-order chi connectivity index (χ0) is 26.4. The molecule has 34 heavy (non-hydrogen) atoms. The molecule has 0 spiro atoms. The van der Waals surface area contributed by atoms with Crippen molar-refractivity contribution in [2.75, 3.05) is 39.9 Å². The van der Waals surface area contributed by atoms with Gasteiger partial charge in [0.05, 0.1) is 13.1 Å². The predicted octanol–water partition coefficient (Wildman–Crippen LogP) is 5.75. The second kappa shape index (κ2) is 15.4. The summed E-state index contributed by atoms with van der Waals surface area (Å²) in [5.74, 6) is 1.51. The van der Waals surface area contributed by atoms with Gasteiger partial charge in [0.2, 0.25) is 0 Å². The highest BCUT2D eigenvalue weighted by Gasteiger charge is 2.19. The lowest BCUT2D eigenvalue weighted by Gasteiger charge is -2.38. The van der Waals surface area contributed by atoms with Gasteiger partial charge in [-0.25, -0.2) is 4.79 Å². The van der Waals surface area contributed by atoms with E-state index in [1.807, 2.05) is 35.6 Å². The highest BCUT2D eigenvalue weighted by molar-refractivity contribution is 5.86. The Morgan fingerprint density at radius 1 is 0.794 bits per heavy atom. The average Bonchev–Trinajstić information content (AvgIpc) is 2.77. The summed E-state index contributed by atoms with van der Waals surface area (Å²) in [5.41, 5.74) is 3.16. The summed E-state index contributed by atoms with van der Waals surface area (Å²) < 4.78 is 10.9. The molecule has 0 saturated carbocycles. The molecule has 0 N–H and O–H groups in total. The minimum absolute atomic E-state index is 0.207. The average molecular weight is 470 g/mol. The topological polar surface area (TPSA) is 45.2 Å². The molecule has 0 amide bonds. The fraction of sp³-hybridized carbons (Fsp3) is 0.393. The first-order chi connectivity index (χ1) is 15.8. The number of nitrogens with zero attached hydrogens (tertiary/aromatic N) is 3. The van der Waals surface area contributed by atoms with Gasteiger partial charge in [-0.05, 0) is 45.4 Å². The molecule has 6 nitrogen and oxygen atoms in total. The molecule has 0 aliphatic heterocycles. The Balaban J connectivity index is 5.33. The third kappa shape index (κ3) is 10.9. The van der Waals surface area contributed by atoms with Crippen LogP contribution in [-0.2, 0) is 14.3 Å². The number of esters is 1. The van der Waals surface area contributed by atoms with E-state index in [9.17, 15) is 4.79 Å². The summed E-state index contributed by atoms with van der Waals surface area (Å²) in [7, 11) is 1.87. The van der Waals surface area contributed by atoms with Crippen molar-refractivity contribution in [2.24, 2.45) is 0 Å². The summed E-state index contributed by atoms with van der Waals surface area (Å²) >= 11 is 0. The molecular formula is C28H43N3O3. The number of ether oxygens (including phenoxy) is 2. The molecule has 0 unspecified atom stereocenters. The minimum atomic E-state index is -0.416. The molecule has 0 bridgehead atoms. The maximum absolute atomic E-state index is 11.7. The van der Waals surface area contributed by atoms with Gasteiger partial charge in [0.1, 0.15) is 30.6 Å². The van der Waals surface area contributed by atoms with Crippen molar-refractivity contribution in [1.29, 1.82) is 0 Å². The zero-order valence-corrected chi connectivity index (χ0v) is 21.8. The number of likely N-dealkylation sites (N-methyl/N-ethyl adjacent to an activating group) is 1. The lowest BCUT2D eigenvalue weighted by molar-refractivity contribution is -0.139. The molecule has 0 aromatic carbocycles. The summed E-state index contributed by atoms with van der Waals surface area (Å²) in [6.07, 6.45) is 3.45. The lowest BCUT2D eigenvalue weighted by Crippen LogP contribution is -2.40. The van der Waals surface area contributed by atoms with Gasteiger partial charge >= 0.3 is 5.97 Å². The lowest BCUT2D eigenvalue weighted by atomic mass is 10.1. The largest absolute Gasteiger partial charge is 0.492 e. The number of carbonyl (C=O) groups is 1. The van der Waals surface area contributed by atoms with Crippen LogP contribution in [0.25, 0.3) is 0 Å². The van der Waals surface area contributed by atoms with Crippen molar-refractivity contribution in [1.82, 2.24) is 14.7 Å². The van der Waals surface area contributed by atoms with Crippen LogP contribution in [0.15, 0.2) is 98.5 Å². The van der Waals surface area contributed by atoms with Crippen molar-refractivity contribution in [3.8, 4) is 0 Å². The van der Waals surface area contributed by atoms with Crippen LogP contribution in [0.1, 0.15) is 33.6 Å². The van der Waals surface area contributed by atoms with Crippen LogP contribution < -0.4 is 0 Å². The molecule has 0 rings (SSSR count). The molecule has 0 fully saturated rings. The Morgan fingerprint density at radius 2 is 1.38 bits per heavy atom. The van der Waals surface area contributed by atoms with Gasteiger partial charge < -0.3 is 24.2 Å². The van der Waals surface area contributed by atoms with Gasteiger partial charge in [-0.2, -0.15) is 0 Å². The molecule has 0 atom stereocenters. The van der Waals surface area contributed by atoms with Crippen LogP contribution in [0, 0.1) is 0 Å². The van der Waals surface area contributed by atoms with Gasteiger partial charge in [0, 0.05) is 19.2 Å². The van der Waals surface area contributed by atoms with E-state index in [0.717, 1.165) is 29.6 Å². The van der Waals surface area contributed by atoms with E-state index < -0.39 is 5.97 Å². The smallest absolute Gasteiger partial charge is 0.333 e. The Bertz CT molecular complexity index is 838. The van der Waals surface area contributed by atoms with Gasteiger partial charge in [-0.1, -0.05) is 63.8 Å². The first-order valence-electron chi connectivity index (χ1n) is 11.2. The van der Waals surface area contributed by atoms with E-state index in [4.69, 9.17) is 9.47 Å². The SMILES string of the molecule is C=CN(CCCC(=C)C(=C)C)C(=C)N(CCOC(=C)C(=C)C)C(=C)N(C)CCOC(=O)C(=C)C. The van der Waals surface area contributed by atoms with Crippen molar-refractivity contribution in [2.45, 2.75) is 33.6 Å². The van der Waals surface area contributed by atoms with Crippen LogP contribution >= 0.6 is 0 Å². The van der Waals surface area contributed by atoms with E-state index in [0.29, 0.717) is 49.2 Å². The van der Waals surface area contributed by atoms with Gasteiger partial charge in [0.15, 0.2) is 0 Å². The molecule has 0 aromatic rings. The standard InChI is InChI=1S/C28H43N3O3/c1-13-30(16-14-15-24(8)21(2)3)27(11)31(18-20-33-25(9)22(4)5)26(10)29(12)17-19-34-28(32)23(6)7/h13H,1-2,4,6,8-11,14-20H2,3,5,7,12H3. The predicted molar refractivity (Wildman–Crippen MR) is 143 cm³/mol. The molecule has 0 aliphatic rings. The van der Waals surface area contributed by atoms with Crippen LogP contribution in [0.3, 0.4) is 0 Å². The second-order valence-electron chi connectivity index (χ2n) is 8.24. The Hall–Kier alpha value is -3.41. The van der Waals surface area contributed by atoms with Crippen LogP contribution in [0.2, 0.25) is 0 Å². The normalized spacial score (nSPS) is 9.88. The first kappa shape index (κ1) is 30.6.